The van der Waals surface area contributed by atoms with Gasteiger partial charge in [-0.25, -0.2) is 29.3 Å². The molecule has 1 saturated carbocycles. The predicted octanol–water partition coefficient (Wildman–Crippen LogP) is 12.0. The fourth-order valence-corrected chi connectivity index (χ4v) is 9.03. The molecule has 0 spiro atoms. The van der Waals surface area contributed by atoms with Crippen LogP contribution >= 0.6 is 0 Å². The molecule has 0 bridgehead atoms. The number of anilines is 4. The molecule has 8 heterocycles. The highest BCUT2D eigenvalue weighted by molar-refractivity contribution is 6.14. The Bertz CT molecular complexity index is 3520. The summed E-state index contributed by atoms with van der Waals surface area (Å²) >= 11 is 0. The van der Waals surface area contributed by atoms with Crippen molar-refractivity contribution in [2.45, 2.75) is 114 Å². The predicted molar refractivity (Wildman–Crippen MR) is 270 cm³/mol. The lowest BCUT2D eigenvalue weighted by molar-refractivity contribution is 0.361. The fraction of sp³-hybridized carbons (Fsp3) is 0.373. The Morgan fingerprint density at radius 2 is 1.07 bits per heavy atom. The molecular weight excluding hydrogens is 873 g/mol. The molecule has 0 amide bonds. The van der Waals surface area contributed by atoms with Gasteiger partial charge in [0, 0.05) is 44.1 Å². The first-order valence-corrected chi connectivity index (χ1v) is 23.3. The maximum absolute atomic E-state index is 5.80. The van der Waals surface area contributed by atoms with E-state index in [0.29, 0.717) is 17.7 Å². The molecule has 0 unspecified atom stereocenters. The third-order valence-corrected chi connectivity index (χ3v) is 12.3. The van der Waals surface area contributed by atoms with Crippen LogP contribution in [0.25, 0.3) is 66.1 Å². The van der Waals surface area contributed by atoms with Crippen LogP contribution < -0.4 is 20.1 Å². The van der Waals surface area contributed by atoms with E-state index in [2.05, 4.69) is 95.6 Å². The van der Waals surface area contributed by atoms with E-state index in [-0.39, 0.29) is 5.54 Å². The number of methoxy groups -OCH3 is 2. The molecule has 4 N–H and O–H groups in total. The molecule has 0 saturated heterocycles. The molecule has 10 aromatic rings. The molecule has 18 nitrogen and oxygen atoms in total. The van der Waals surface area contributed by atoms with Crippen LogP contribution in [0.3, 0.4) is 0 Å². The molecule has 1 aliphatic rings. The number of aryl methyl sites for hydroxylation is 8. The Balaban J connectivity index is 0.000000166. The van der Waals surface area contributed by atoms with Crippen molar-refractivity contribution in [2.75, 3.05) is 24.9 Å². The van der Waals surface area contributed by atoms with Gasteiger partial charge < -0.3 is 39.1 Å². The molecule has 8 aromatic heterocycles. The highest BCUT2D eigenvalue weighted by Crippen LogP contribution is 2.44. The van der Waals surface area contributed by atoms with Gasteiger partial charge in [-0.3, -0.25) is 0 Å². The number of nitrogens with one attached hydrogen (secondary N) is 4. The second-order valence-corrected chi connectivity index (χ2v) is 18.4. The molecule has 2 aromatic carbocycles. The monoisotopic (exact) mass is 932 g/mol. The first-order chi connectivity index (χ1) is 33.0. The van der Waals surface area contributed by atoms with E-state index in [9.17, 15) is 0 Å². The third-order valence-electron chi connectivity index (χ3n) is 12.3. The molecule has 0 atom stereocenters. The Hall–Kier alpha value is -7.76. The molecular formula is C51H60N14O4. The second-order valence-electron chi connectivity index (χ2n) is 18.4. The number of H-pyrrole nitrogens is 2. The summed E-state index contributed by atoms with van der Waals surface area (Å²) in [5.41, 5.74) is 10.7. The van der Waals surface area contributed by atoms with Gasteiger partial charge in [0.05, 0.1) is 71.5 Å². The van der Waals surface area contributed by atoms with Gasteiger partial charge in [0.25, 0.3) is 0 Å². The Labute approximate surface area is 399 Å². The quantitative estimate of drug-likeness (QED) is 0.106. The van der Waals surface area contributed by atoms with E-state index in [1.54, 1.807) is 14.2 Å². The zero-order valence-corrected chi connectivity index (χ0v) is 42.1. The largest absolute Gasteiger partial charge is 0.496 e. The number of aromatic nitrogens is 12. The van der Waals surface area contributed by atoms with Crippen molar-refractivity contribution < 1.29 is 18.5 Å². The van der Waals surface area contributed by atoms with Crippen LogP contribution in [0.1, 0.15) is 99.2 Å². The second kappa shape index (κ2) is 17.7. The summed E-state index contributed by atoms with van der Waals surface area (Å²) < 4.78 is 26.5. The third kappa shape index (κ3) is 8.26. The van der Waals surface area contributed by atoms with Crippen molar-refractivity contribution in [3.8, 4) is 33.8 Å². The Morgan fingerprint density at radius 1 is 0.623 bits per heavy atom. The summed E-state index contributed by atoms with van der Waals surface area (Å²) in [6.45, 7) is 25.9. The Morgan fingerprint density at radius 3 is 1.49 bits per heavy atom. The highest BCUT2D eigenvalue weighted by atomic mass is 16.5. The van der Waals surface area contributed by atoms with Crippen LogP contribution in [0.2, 0.25) is 0 Å². The zero-order chi connectivity index (χ0) is 49.2. The number of fused-ring (bicyclic) bond motifs is 6. The molecule has 11 rings (SSSR count). The van der Waals surface area contributed by atoms with Crippen molar-refractivity contribution in [3.05, 3.63) is 82.3 Å². The molecule has 69 heavy (non-hydrogen) atoms. The average Bonchev–Trinajstić information content (AvgIpc) is 3.63. The normalized spacial score (nSPS) is 12.7. The van der Waals surface area contributed by atoms with Gasteiger partial charge in [0.15, 0.2) is 0 Å². The van der Waals surface area contributed by atoms with Gasteiger partial charge >= 0.3 is 0 Å². The fourth-order valence-electron chi connectivity index (χ4n) is 9.03. The van der Waals surface area contributed by atoms with Gasteiger partial charge in [-0.05, 0) is 113 Å². The van der Waals surface area contributed by atoms with Crippen LogP contribution in [0, 0.1) is 55.4 Å². The smallest absolute Gasteiger partial charge is 0.145 e. The number of hydrogen-bond acceptors (Lipinski definition) is 14. The lowest BCUT2D eigenvalue weighted by Gasteiger charge is -2.23. The summed E-state index contributed by atoms with van der Waals surface area (Å²) in [6.07, 6.45) is 6.08. The lowest BCUT2D eigenvalue weighted by atomic mass is 10.0. The summed E-state index contributed by atoms with van der Waals surface area (Å²) in [5, 5.41) is 28.3. The molecule has 0 radical (unpaired) electrons. The molecule has 358 valence electrons. The van der Waals surface area contributed by atoms with E-state index in [4.69, 9.17) is 28.5 Å². The number of rotatable bonds is 9. The standard InChI is InChI=1S/C25H29N7O2.C24H25N7O2.C2H6/c1-12-11-26-32(25(5,6)7)24(12)30-23-21-16-10-19(33-8)17(20-13(2)31-34-14(20)3)9-18(16)29-22(21)27-15(4)28-23;1-11-10-25-31(15-6-7-15)24(11)29-23-21-16-9-19(32-5)17(20-12(2)30-33-13(20)3)8-18(16)28-22(21)26-14(4)27-23;1-2/h9-11H,1-8H3,(H2,27,28,29,30);8-10,15H,6-7H2,1-5H3,(H2,26,27,28,29);1-2H3. The molecule has 18 heteroatoms. The summed E-state index contributed by atoms with van der Waals surface area (Å²) in [4.78, 5) is 25.8. The summed E-state index contributed by atoms with van der Waals surface area (Å²) in [6, 6.07) is 8.64. The maximum atomic E-state index is 5.80. The minimum absolute atomic E-state index is 0.190. The topological polar surface area (TPSA) is 213 Å². The Kier molecular flexibility index (Phi) is 11.9. The lowest BCUT2D eigenvalue weighted by Crippen LogP contribution is -2.24. The van der Waals surface area contributed by atoms with E-state index < -0.39 is 0 Å². The number of hydrogen-bond donors (Lipinski definition) is 4. The van der Waals surface area contributed by atoms with Gasteiger partial charge in [0.1, 0.15) is 69.2 Å². The number of benzene rings is 2. The SMILES string of the molecule is CC.COc1cc2c(cc1-c1c(C)noc1C)[nH]c1nc(C)nc(Nc3c(C)cnn3C(C)(C)C)c12.COc1cc2c(cc1-c1c(C)noc1C)[nH]c1nc(C)nc(Nc3c(C)cnn3C3CC3)c12. The highest BCUT2D eigenvalue weighted by Gasteiger charge is 2.29. The van der Waals surface area contributed by atoms with E-state index in [0.717, 1.165) is 148 Å². The first-order valence-electron chi connectivity index (χ1n) is 23.3. The number of aromatic amines is 2. The molecule has 1 aliphatic carbocycles. The van der Waals surface area contributed by atoms with Crippen LogP contribution in [0.4, 0.5) is 23.3 Å². The van der Waals surface area contributed by atoms with Crippen LogP contribution in [0.5, 0.6) is 11.5 Å². The van der Waals surface area contributed by atoms with Gasteiger partial charge in [-0.2, -0.15) is 10.2 Å². The van der Waals surface area contributed by atoms with Crippen LogP contribution in [0.15, 0.2) is 45.7 Å². The average molecular weight is 933 g/mol. The van der Waals surface area contributed by atoms with Crippen molar-refractivity contribution in [1.29, 1.82) is 0 Å². The van der Waals surface area contributed by atoms with Crippen LogP contribution in [-0.2, 0) is 5.54 Å². The van der Waals surface area contributed by atoms with Gasteiger partial charge in [-0.1, -0.05) is 24.2 Å². The number of ether oxygens (including phenoxy) is 2. The zero-order valence-electron chi connectivity index (χ0n) is 42.1. The number of nitrogens with zero attached hydrogens (tertiary/aromatic N) is 10. The van der Waals surface area contributed by atoms with Crippen molar-refractivity contribution in [3.63, 3.8) is 0 Å². The summed E-state index contributed by atoms with van der Waals surface area (Å²) in [5.74, 6) is 7.66. The van der Waals surface area contributed by atoms with Crippen molar-refractivity contribution in [1.82, 2.24) is 59.8 Å². The minimum atomic E-state index is -0.190. The van der Waals surface area contributed by atoms with Gasteiger partial charge in [0.2, 0.25) is 0 Å². The summed E-state index contributed by atoms with van der Waals surface area (Å²) in [7, 11) is 3.35. The minimum Gasteiger partial charge on any atom is -0.496 e. The molecule has 0 aliphatic heterocycles. The molecule has 1 fully saturated rings. The van der Waals surface area contributed by atoms with E-state index in [1.807, 2.05) is 91.5 Å². The van der Waals surface area contributed by atoms with E-state index in [1.165, 1.54) is 0 Å². The van der Waals surface area contributed by atoms with Crippen molar-refractivity contribution >= 4 is 67.1 Å². The van der Waals surface area contributed by atoms with Gasteiger partial charge in [-0.15, -0.1) is 0 Å². The first kappa shape index (κ1) is 46.4. The van der Waals surface area contributed by atoms with E-state index >= 15 is 0 Å². The van der Waals surface area contributed by atoms with Crippen LogP contribution in [-0.4, -0.2) is 74.0 Å². The maximum Gasteiger partial charge on any atom is 0.145 e. The van der Waals surface area contributed by atoms with Crippen molar-refractivity contribution in [2.24, 2.45) is 0 Å².